The Bertz CT molecular complexity index is 1160. The minimum atomic E-state index is -4.34. The molecule has 3 aromatic rings. The molecule has 4 nitrogen and oxygen atoms in total. The number of aromatic nitrogens is 2. The van der Waals surface area contributed by atoms with Gasteiger partial charge in [-0.25, -0.2) is 9.37 Å². The lowest BCUT2D eigenvalue weighted by molar-refractivity contribution is -0.137. The first-order valence-corrected chi connectivity index (χ1v) is 14.8. The molecule has 1 aliphatic rings. The molecule has 0 amide bonds. The highest BCUT2D eigenvalue weighted by Crippen LogP contribution is 2.33. The second-order valence-electron chi connectivity index (χ2n) is 10.5. The van der Waals surface area contributed by atoms with Gasteiger partial charge < -0.3 is 9.47 Å². The lowest BCUT2D eigenvalue weighted by Gasteiger charge is -2.32. The SMILES string of the molecule is CC.CC.CC(C)c1ccc(CN2CCN(C)CC2)cc1F.Cc1cn(-c2cc(C(C)C)cc(C(F)(F)F)c2)cn1. The van der Waals surface area contributed by atoms with Crippen LogP contribution in [0.25, 0.3) is 5.69 Å². The van der Waals surface area contributed by atoms with E-state index in [9.17, 15) is 17.6 Å². The van der Waals surface area contributed by atoms with Crippen LogP contribution in [0.4, 0.5) is 17.6 Å². The number of imidazole rings is 1. The fourth-order valence-electron chi connectivity index (χ4n) is 4.24. The van der Waals surface area contributed by atoms with Crippen LogP contribution in [0.1, 0.15) is 95.2 Å². The van der Waals surface area contributed by atoms with Crippen LogP contribution in [0.2, 0.25) is 0 Å². The average molecular weight is 579 g/mol. The first kappa shape index (κ1) is 36.3. The van der Waals surface area contributed by atoms with Crippen molar-refractivity contribution in [2.45, 2.75) is 86.9 Å². The van der Waals surface area contributed by atoms with Crippen molar-refractivity contribution < 1.29 is 17.6 Å². The predicted octanol–water partition coefficient (Wildman–Crippen LogP) is 9.07. The van der Waals surface area contributed by atoms with Crippen LogP contribution in [0.3, 0.4) is 0 Å². The normalized spacial score (nSPS) is 14.0. The molecule has 1 aromatic heterocycles. The Labute approximate surface area is 245 Å². The Morgan fingerprint density at radius 2 is 1.46 bits per heavy atom. The molecule has 230 valence electrons. The van der Waals surface area contributed by atoms with E-state index in [0.29, 0.717) is 11.3 Å². The second-order valence-corrected chi connectivity index (χ2v) is 10.5. The summed E-state index contributed by atoms with van der Waals surface area (Å²) in [5.41, 5.74) is 3.19. The summed E-state index contributed by atoms with van der Waals surface area (Å²) in [6.45, 7) is 22.8. The summed E-state index contributed by atoms with van der Waals surface area (Å²) < 4.78 is 54.2. The average Bonchev–Trinajstić information content (AvgIpc) is 3.38. The van der Waals surface area contributed by atoms with Crippen LogP contribution < -0.4 is 0 Å². The molecule has 0 bridgehead atoms. The topological polar surface area (TPSA) is 24.3 Å². The fourth-order valence-corrected chi connectivity index (χ4v) is 4.24. The Hall–Kier alpha value is -2.71. The number of hydrogen-bond acceptors (Lipinski definition) is 3. The van der Waals surface area contributed by atoms with E-state index in [1.165, 1.54) is 12.4 Å². The van der Waals surface area contributed by atoms with Gasteiger partial charge in [-0.1, -0.05) is 67.5 Å². The summed E-state index contributed by atoms with van der Waals surface area (Å²) in [5.74, 6) is 0.227. The number of likely N-dealkylation sites (N-methyl/N-ethyl adjacent to an activating group) is 1. The van der Waals surface area contributed by atoms with Crippen molar-refractivity contribution >= 4 is 0 Å². The van der Waals surface area contributed by atoms with Gasteiger partial charge in [-0.2, -0.15) is 13.2 Å². The Kier molecular flexibility index (Phi) is 15.3. The molecule has 41 heavy (non-hydrogen) atoms. The summed E-state index contributed by atoms with van der Waals surface area (Å²) in [4.78, 5) is 8.77. The van der Waals surface area contributed by atoms with Crippen LogP contribution >= 0.6 is 0 Å². The summed E-state index contributed by atoms with van der Waals surface area (Å²) >= 11 is 0. The molecule has 0 saturated carbocycles. The second kappa shape index (κ2) is 17.3. The van der Waals surface area contributed by atoms with Crippen molar-refractivity contribution in [2.75, 3.05) is 33.2 Å². The highest BCUT2D eigenvalue weighted by molar-refractivity contribution is 5.42. The van der Waals surface area contributed by atoms with E-state index in [-0.39, 0.29) is 17.7 Å². The molecular formula is C33H50F4N4. The molecule has 2 heterocycles. The highest BCUT2D eigenvalue weighted by atomic mass is 19.4. The van der Waals surface area contributed by atoms with Gasteiger partial charge in [0.2, 0.25) is 0 Å². The number of hydrogen-bond donors (Lipinski definition) is 0. The number of nitrogens with zero attached hydrogens (tertiary/aromatic N) is 4. The number of benzene rings is 2. The summed E-state index contributed by atoms with van der Waals surface area (Å²) in [7, 11) is 2.15. The smallest absolute Gasteiger partial charge is 0.306 e. The van der Waals surface area contributed by atoms with Crippen molar-refractivity contribution in [3.05, 3.63) is 82.7 Å². The van der Waals surface area contributed by atoms with Crippen LogP contribution in [0.15, 0.2) is 48.9 Å². The van der Waals surface area contributed by atoms with Gasteiger partial charge in [0.1, 0.15) is 5.82 Å². The number of alkyl halides is 3. The molecule has 4 rings (SSSR count). The van der Waals surface area contributed by atoms with Crippen molar-refractivity contribution in [2.24, 2.45) is 0 Å². The van der Waals surface area contributed by atoms with Gasteiger partial charge in [0.05, 0.1) is 17.6 Å². The van der Waals surface area contributed by atoms with Gasteiger partial charge in [-0.05, 0) is 66.8 Å². The van der Waals surface area contributed by atoms with Crippen molar-refractivity contribution in [1.82, 2.24) is 19.4 Å². The van der Waals surface area contributed by atoms with Gasteiger partial charge in [-0.15, -0.1) is 0 Å². The summed E-state index contributed by atoms with van der Waals surface area (Å²) in [5, 5.41) is 0. The predicted molar refractivity (Wildman–Crippen MR) is 163 cm³/mol. The lowest BCUT2D eigenvalue weighted by Crippen LogP contribution is -2.43. The van der Waals surface area contributed by atoms with Crippen molar-refractivity contribution in [1.29, 1.82) is 0 Å². The Balaban J connectivity index is 0.000000366. The molecule has 0 aliphatic carbocycles. The van der Waals surface area contributed by atoms with Crippen LogP contribution in [-0.4, -0.2) is 52.6 Å². The maximum Gasteiger partial charge on any atom is 0.416 e. The zero-order valence-corrected chi connectivity index (χ0v) is 26.6. The van der Waals surface area contributed by atoms with E-state index in [0.717, 1.165) is 55.6 Å². The molecule has 0 atom stereocenters. The molecule has 2 aromatic carbocycles. The van der Waals surface area contributed by atoms with E-state index in [2.05, 4.69) is 27.9 Å². The maximum absolute atomic E-state index is 13.9. The standard InChI is InChI=1S/C15H23FN2.C14H15F3N2.2C2H6/c1-12(2)14-5-4-13(10-15(14)16)11-18-8-6-17(3)7-9-18;1-9(2)11-4-12(14(15,16)17)6-13(5-11)19-7-10(3)18-8-19;2*1-2/h4-5,10,12H,6-9,11H2,1-3H3;4-9H,1-3H3;2*1-2H3. The quantitative estimate of drug-likeness (QED) is 0.282. The number of rotatable bonds is 5. The minimum absolute atomic E-state index is 0.0330. The first-order chi connectivity index (χ1) is 19.3. The Morgan fingerprint density at radius 1 is 0.854 bits per heavy atom. The van der Waals surface area contributed by atoms with Gasteiger partial charge in [0.25, 0.3) is 0 Å². The molecule has 0 N–H and O–H groups in total. The molecular weight excluding hydrogens is 528 g/mol. The monoisotopic (exact) mass is 578 g/mol. The minimum Gasteiger partial charge on any atom is -0.306 e. The maximum atomic E-state index is 13.9. The molecule has 1 aliphatic heterocycles. The zero-order chi connectivity index (χ0) is 31.3. The van der Waals surface area contributed by atoms with Crippen LogP contribution in [-0.2, 0) is 12.7 Å². The third kappa shape index (κ3) is 11.6. The lowest BCUT2D eigenvalue weighted by atomic mass is 9.99. The van der Waals surface area contributed by atoms with Gasteiger partial charge >= 0.3 is 6.18 Å². The molecule has 8 heteroatoms. The van der Waals surface area contributed by atoms with Gasteiger partial charge in [0.15, 0.2) is 0 Å². The molecule has 0 spiro atoms. The third-order valence-electron chi connectivity index (χ3n) is 6.63. The van der Waals surface area contributed by atoms with E-state index < -0.39 is 11.7 Å². The summed E-state index contributed by atoms with van der Waals surface area (Å²) in [6.07, 6.45) is -1.11. The zero-order valence-electron chi connectivity index (χ0n) is 26.6. The van der Waals surface area contributed by atoms with Crippen LogP contribution in [0.5, 0.6) is 0 Å². The van der Waals surface area contributed by atoms with E-state index in [4.69, 9.17) is 0 Å². The van der Waals surface area contributed by atoms with Crippen LogP contribution in [0, 0.1) is 12.7 Å². The Morgan fingerprint density at radius 3 is 1.93 bits per heavy atom. The molecule has 1 fully saturated rings. The molecule has 0 radical (unpaired) electrons. The van der Waals surface area contributed by atoms with E-state index >= 15 is 0 Å². The summed E-state index contributed by atoms with van der Waals surface area (Å²) in [6, 6.07) is 9.82. The highest BCUT2D eigenvalue weighted by Gasteiger charge is 2.31. The van der Waals surface area contributed by atoms with E-state index in [1.807, 2.05) is 61.5 Å². The van der Waals surface area contributed by atoms with Crippen molar-refractivity contribution in [3.8, 4) is 5.69 Å². The third-order valence-corrected chi connectivity index (χ3v) is 6.63. The number of piperazine rings is 1. The molecule has 1 saturated heterocycles. The number of aryl methyl sites for hydroxylation is 1. The van der Waals surface area contributed by atoms with E-state index in [1.54, 1.807) is 29.8 Å². The first-order valence-electron chi connectivity index (χ1n) is 14.8. The number of halogens is 4. The molecule has 0 unspecified atom stereocenters. The van der Waals surface area contributed by atoms with Gasteiger partial charge in [0, 0.05) is 44.6 Å². The fraction of sp³-hybridized carbons (Fsp3) is 0.545. The van der Waals surface area contributed by atoms with Gasteiger partial charge in [-0.3, -0.25) is 4.90 Å². The largest absolute Gasteiger partial charge is 0.416 e. The van der Waals surface area contributed by atoms with Crippen molar-refractivity contribution in [3.63, 3.8) is 0 Å².